The first-order valence-electron chi connectivity index (χ1n) is 10.1. The van der Waals surface area contributed by atoms with Gasteiger partial charge in [0.15, 0.2) is 0 Å². The van der Waals surface area contributed by atoms with E-state index >= 15 is 0 Å². The highest BCUT2D eigenvalue weighted by atomic mass is 16.2. The zero-order chi connectivity index (χ0) is 18.9. The minimum absolute atomic E-state index is 0.161. The predicted molar refractivity (Wildman–Crippen MR) is 106 cm³/mol. The topological polar surface area (TPSA) is 40.6 Å². The SMILES string of the molecule is CCN(CC)C(=O)CCCC(=O)N(C)C1CCC(c2ccccc2)CC1. The zero-order valence-electron chi connectivity index (χ0n) is 16.6. The fourth-order valence-electron chi connectivity index (χ4n) is 4.03. The molecular weight excluding hydrogens is 324 g/mol. The lowest BCUT2D eigenvalue weighted by atomic mass is 9.81. The number of benzene rings is 1. The van der Waals surface area contributed by atoms with Crippen LogP contribution in [0.1, 0.15) is 70.3 Å². The summed E-state index contributed by atoms with van der Waals surface area (Å²) in [5, 5.41) is 0. The van der Waals surface area contributed by atoms with E-state index in [2.05, 4.69) is 30.3 Å². The summed E-state index contributed by atoms with van der Waals surface area (Å²) in [5.74, 6) is 0.969. The molecule has 1 saturated carbocycles. The standard InChI is InChI=1S/C22H34N2O2/c1-4-24(5-2)22(26)13-9-12-21(25)23(3)20-16-14-19(15-17-20)18-10-7-6-8-11-18/h6-8,10-11,19-20H,4-5,9,12-17H2,1-3H3. The van der Waals surface area contributed by atoms with Crippen LogP contribution in [0.25, 0.3) is 0 Å². The summed E-state index contributed by atoms with van der Waals surface area (Å²) in [5.41, 5.74) is 1.43. The van der Waals surface area contributed by atoms with Gasteiger partial charge >= 0.3 is 0 Å². The summed E-state index contributed by atoms with van der Waals surface area (Å²) in [6, 6.07) is 11.1. The van der Waals surface area contributed by atoms with Crippen LogP contribution in [0.15, 0.2) is 30.3 Å². The third kappa shape index (κ3) is 5.58. The third-order valence-electron chi connectivity index (χ3n) is 5.81. The van der Waals surface area contributed by atoms with Crippen molar-refractivity contribution >= 4 is 11.8 Å². The van der Waals surface area contributed by atoms with Crippen LogP contribution in [0.5, 0.6) is 0 Å². The van der Waals surface area contributed by atoms with Crippen LogP contribution >= 0.6 is 0 Å². The van der Waals surface area contributed by atoms with Crippen LogP contribution in [-0.4, -0.2) is 47.8 Å². The largest absolute Gasteiger partial charge is 0.343 e. The van der Waals surface area contributed by atoms with Gasteiger partial charge in [-0.2, -0.15) is 0 Å². The number of carbonyl (C=O) groups excluding carboxylic acids is 2. The first-order valence-corrected chi connectivity index (χ1v) is 10.1. The van der Waals surface area contributed by atoms with Crippen molar-refractivity contribution in [2.45, 2.75) is 70.8 Å². The van der Waals surface area contributed by atoms with Gasteiger partial charge in [-0.3, -0.25) is 9.59 Å². The van der Waals surface area contributed by atoms with Gasteiger partial charge in [0, 0.05) is 39.0 Å². The second-order valence-corrected chi connectivity index (χ2v) is 7.34. The summed E-state index contributed by atoms with van der Waals surface area (Å²) in [6.45, 7) is 5.47. The van der Waals surface area contributed by atoms with E-state index in [1.807, 2.05) is 30.7 Å². The predicted octanol–water partition coefficient (Wildman–Crippen LogP) is 4.21. The highest BCUT2D eigenvalue weighted by Gasteiger charge is 2.27. The van der Waals surface area contributed by atoms with Crippen LogP contribution < -0.4 is 0 Å². The van der Waals surface area contributed by atoms with Crippen LogP contribution in [0, 0.1) is 0 Å². The lowest BCUT2D eigenvalue weighted by molar-refractivity contribution is -0.133. The number of nitrogens with zero attached hydrogens (tertiary/aromatic N) is 2. The normalized spacial score (nSPS) is 19.8. The Morgan fingerprint density at radius 3 is 2.08 bits per heavy atom. The summed E-state index contributed by atoms with van der Waals surface area (Å²) in [4.78, 5) is 28.3. The van der Waals surface area contributed by atoms with Crippen molar-refractivity contribution in [3.63, 3.8) is 0 Å². The van der Waals surface area contributed by atoms with Crippen LogP contribution in [0.3, 0.4) is 0 Å². The van der Waals surface area contributed by atoms with Gasteiger partial charge in [-0.15, -0.1) is 0 Å². The number of amides is 2. The quantitative estimate of drug-likeness (QED) is 0.698. The van der Waals surface area contributed by atoms with E-state index in [-0.39, 0.29) is 11.8 Å². The Balaban J connectivity index is 1.73. The highest BCUT2D eigenvalue weighted by Crippen LogP contribution is 2.34. The summed E-state index contributed by atoms with van der Waals surface area (Å²) in [6.07, 6.45) is 6.03. The number of carbonyl (C=O) groups is 2. The van der Waals surface area contributed by atoms with E-state index in [1.54, 1.807) is 0 Å². The van der Waals surface area contributed by atoms with E-state index in [9.17, 15) is 9.59 Å². The lowest BCUT2D eigenvalue weighted by Crippen LogP contribution is -2.39. The third-order valence-corrected chi connectivity index (χ3v) is 5.81. The van der Waals surface area contributed by atoms with Crippen LogP contribution in [0.2, 0.25) is 0 Å². The highest BCUT2D eigenvalue weighted by molar-refractivity contribution is 5.79. The summed E-state index contributed by atoms with van der Waals surface area (Å²) >= 11 is 0. The maximum atomic E-state index is 12.5. The first-order chi connectivity index (χ1) is 12.6. The Kier molecular flexibility index (Phi) is 8.14. The van der Waals surface area contributed by atoms with Crippen molar-refractivity contribution in [1.82, 2.24) is 9.80 Å². The molecule has 0 heterocycles. The van der Waals surface area contributed by atoms with Gasteiger partial charge in [0.2, 0.25) is 11.8 Å². The molecule has 1 aromatic rings. The Morgan fingerprint density at radius 1 is 0.923 bits per heavy atom. The molecule has 144 valence electrons. The van der Waals surface area contributed by atoms with Crippen molar-refractivity contribution < 1.29 is 9.59 Å². The second kappa shape index (κ2) is 10.3. The zero-order valence-corrected chi connectivity index (χ0v) is 16.6. The Hall–Kier alpha value is -1.84. The molecular formula is C22H34N2O2. The Morgan fingerprint density at radius 2 is 1.50 bits per heavy atom. The van der Waals surface area contributed by atoms with Gasteiger partial charge in [-0.25, -0.2) is 0 Å². The molecule has 1 aliphatic rings. The molecule has 0 saturated heterocycles. The second-order valence-electron chi connectivity index (χ2n) is 7.34. The van der Waals surface area contributed by atoms with Crippen molar-refractivity contribution in [3.8, 4) is 0 Å². The molecule has 0 aromatic heterocycles. The number of hydrogen-bond donors (Lipinski definition) is 0. The molecule has 4 heteroatoms. The van der Waals surface area contributed by atoms with Crippen molar-refractivity contribution in [1.29, 1.82) is 0 Å². The molecule has 0 unspecified atom stereocenters. The van der Waals surface area contributed by atoms with E-state index in [4.69, 9.17) is 0 Å². The molecule has 1 aromatic carbocycles. The van der Waals surface area contributed by atoms with Gasteiger partial charge in [-0.05, 0) is 57.4 Å². The molecule has 0 bridgehead atoms. The molecule has 4 nitrogen and oxygen atoms in total. The Labute approximate surface area is 158 Å². The maximum absolute atomic E-state index is 12.5. The van der Waals surface area contributed by atoms with E-state index < -0.39 is 0 Å². The summed E-state index contributed by atoms with van der Waals surface area (Å²) in [7, 11) is 1.93. The molecule has 0 atom stereocenters. The molecule has 0 radical (unpaired) electrons. The fraction of sp³-hybridized carbons (Fsp3) is 0.636. The number of rotatable bonds is 8. The van der Waals surface area contributed by atoms with E-state index in [0.29, 0.717) is 31.2 Å². The van der Waals surface area contributed by atoms with Crippen molar-refractivity contribution in [2.24, 2.45) is 0 Å². The lowest BCUT2D eigenvalue weighted by Gasteiger charge is -2.35. The Bertz CT molecular complexity index is 561. The minimum Gasteiger partial charge on any atom is -0.343 e. The van der Waals surface area contributed by atoms with Gasteiger partial charge in [-0.1, -0.05) is 30.3 Å². The molecule has 1 aliphatic carbocycles. The molecule has 0 aliphatic heterocycles. The van der Waals surface area contributed by atoms with Gasteiger partial charge in [0.05, 0.1) is 0 Å². The number of hydrogen-bond acceptors (Lipinski definition) is 2. The smallest absolute Gasteiger partial charge is 0.222 e. The first kappa shape index (κ1) is 20.5. The van der Waals surface area contributed by atoms with Crippen LogP contribution in [0.4, 0.5) is 0 Å². The maximum Gasteiger partial charge on any atom is 0.222 e. The van der Waals surface area contributed by atoms with Crippen molar-refractivity contribution in [3.05, 3.63) is 35.9 Å². The van der Waals surface area contributed by atoms with Gasteiger partial charge < -0.3 is 9.80 Å². The average Bonchev–Trinajstić information content (AvgIpc) is 2.69. The summed E-state index contributed by atoms with van der Waals surface area (Å²) < 4.78 is 0. The average molecular weight is 359 g/mol. The fourth-order valence-corrected chi connectivity index (χ4v) is 4.03. The van der Waals surface area contributed by atoms with Gasteiger partial charge in [0.1, 0.15) is 0 Å². The van der Waals surface area contributed by atoms with Gasteiger partial charge in [0.25, 0.3) is 0 Å². The molecule has 1 fully saturated rings. The molecule has 0 spiro atoms. The molecule has 2 amide bonds. The van der Waals surface area contributed by atoms with E-state index in [0.717, 1.165) is 38.8 Å². The molecule has 2 rings (SSSR count). The monoisotopic (exact) mass is 358 g/mol. The molecule has 26 heavy (non-hydrogen) atoms. The minimum atomic E-state index is 0.161. The molecule has 0 N–H and O–H groups in total. The van der Waals surface area contributed by atoms with E-state index in [1.165, 1.54) is 5.56 Å². The van der Waals surface area contributed by atoms with Crippen LogP contribution in [-0.2, 0) is 9.59 Å². The van der Waals surface area contributed by atoms with Crippen molar-refractivity contribution in [2.75, 3.05) is 20.1 Å².